The van der Waals surface area contributed by atoms with Crippen LogP contribution in [0.3, 0.4) is 0 Å². The Morgan fingerprint density at radius 3 is 2.58 bits per heavy atom. The molecule has 6 heteroatoms. The summed E-state index contributed by atoms with van der Waals surface area (Å²) in [5.41, 5.74) is 1.03. The highest BCUT2D eigenvalue weighted by Gasteiger charge is 2.54. The van der Waals surface area contributed by atoms with E-state index in [4.69, 9.17) is 0 Å². The summed E-state index contributed by atoms with van der Waals surface area (Å²) in [6, 6.07) is 5.17. The first-order chi connectivity index (χ1) is 11.1. The average molecular weight is 338 g/mol. The van der Waals surface area contributed by atoms with Gasteiger partial charge < -0.3 is 10.4 Å². The summed E-state index contributed by atoms with van der Waals surface area (Å²) in [6.45, 7) is 10.5. The number of quaternary nitrogens is 1. The third-order valence-electron chi connectivity index (χ3n) is 5.29. The number of anilines is 1. The summed E-state index contributed by atoms with van der Waals surface area (Å²) in [5, 5.41) is 12.7. The van der Waals surface area contributed by atoms with Crippen LogP contribution in [0.15, 0.2) is 18.2 Å². The van der Waals surface area contributed by atoms with Crippen molar-refractivity contribution in [2.24, 2.45) is 0 Å². The number of halogens is 1. The molecule has 2 rings (SSSR count). The van der Waals surface area contributed by atoms with Crippen molar-refractivity contribution in [2.45, 2.75) is 45.8 Å². The van der Waals surface area contributed by atoms with Gasteiger partial charge in [-0.2, -0.15) is 4.79 Å². The Morgan fingerprint density at radius 1 is 1.46 bits per heavy atom. The molecule has 0 spiro atoms. The molecule has 0 bridgehead atoms. The summed E-state index contributed by atoms with van der Waals surface area (Å²) in [7, 11) is 1.69. The first-order valence-corrected chi connectivity index (χ1v) is 8.41. The molecule has 1 amide bonds. The van der Waals surface area contributed by atoms with Gasteiger partial charge in [0.05, 0.1) is 12.2 Å². The number of piperazine rings is 1. The van der Waals surface area contributed by atoms with E-state index < -0.39 is 6.09 Å². The molecule has 0 aromatic heterocycles. The zero-order valence-corrected chi connectivity index (χ0v) is 15.3. The fourth-order valence-electron chi connectivity index (χ4n) is 3.95. The normalized spacial score (nSPS) is 25.5. The van der Waals surface area contributed by atoms with Crippen LogP contribution in [-0.4, -0.2) is 58.8 Å². The smallest absolute Gasteiger partial charge is 0.435 e. The second-order valence-corrected chi connectivity index (χ2v) is 7.69. The second-order valence-electron chi connectivity index (χ2n) is 7.69. The van der Waals surface area contributed by atoms with Crippen molar-refractivity contribution < 1.29 is 18.8 Å². The number of carbonyl (C=O) groups is 1. The molecular formula is C18H29FN3O2+. The van der Waals surface area contributed by atoms with Crippen LogP contribution >= 0.6 is 0 Å². The van der Waals surface area contributed by atoms with E-state index in [1.165, 1.54) is 0 Å². The predicted octanol–water partition coefficient (Wildman–Crippen LogP) is 3.36. The van der Waals surface area contributed by atoms with Gasteiger partial charge in [-0.1, -0.05) is 6.07 Å². The largest absolute Gasteiger partial charge is 0.514 e. The van der Waals surface area contributed by atoms with Crippen molar-refractivity contribution in [3.63, 3.8) is 0 Å². The molecule has 1 heterocycles. The second kappa shape index (κ2) is 6.69. The number of hydrogen-bond acceptors (Lipinski definition) is 3. The van der Waals surface area contributed by atoms with E-state index in [1.54, 1.807) is 19.2 Å². The first kappa shape index (κ1) is 18.7. The number of nitrogens with one attached hydrogen (secondary N) is 1. The number of rotatable bonds is 3. The number of hydrogen-bond donors (Lipinski definition) is 2. The maximum atomic E-state index is 13.9. The van der Waals surface area contributed by atoms with Gasteiger partial charge in [0.2, 0.25) is 0 Å². The average Bonchev–Trinajstić information content (AvgIpc) is 2.46. The van der Waals surface area contributed by atoms with Crippen molar-refractivity contribution in [2.75, 3.05) is 32.0 Å². The van der Waals surface area contributed by atoms with Crippen LogP contribution in [-0.2, 0) is 6.54 Å². The van der Waals surface area contributed by atoms with Crippen LogP contribution in [0.2, 0.25) is 0 Å². The number of benzene rings is 1. The molecule has 0 aliphatic carbocycles. The molecule has 1 aliphatic heterocycles. The Balaban J connectivity index is 2.13. The molecule has 2 N–H and O–H groups in total. The van der Waals surface area contributed by atoms with Gasteiger partial charge in [0.1, 0.15) is 23.9 Å². The Labute approximate surface area is 143 Å². The molecule has 1 saturated heterocycles. The Kier molecular flexibility index (Phi) is 5.20. The zero-order chi connectivity index (χ0) is 18.1. The minimum atomic E-state index is -0.765. The summed E-state index contributed by atoms with van der Waals surface area (Å²) < 4.78 is 14.0. The van der Waals surface area contributed by atoms with Crippen LogP contribution in [0.4, 0.5) is 14.9 Å². The Morgan fingerprint density at radius 2 is 2.12 bits per heavy atom. The van der Waals surface area contributed by atoms with E-state index in [0.29, 0.717) is 31.9 Å². The van der Waals surface area contributed by atoms with Gasteiger partial charge in [0.15, 0.2) is 0 Å². The number of carboxylic acid groups (broad SMARTS) is 1. The lowest BCUT2D eigenvalue weighted by atomic mass is 9.95. The molecule has 0 radical (unpaired) electrons. The summed E-state index contributed by atoms with van der Waals surface area (Å²) in [6.07, 6.45) is -0.765. The van der Waals surface area contributed by atoms with Crippen LogP contribution in [0, 0.1) is 5.82 Å². The highest BCUT2D eigenvalue weighted by molar-refractivity contribution is 5.58. The van der Waals surface area contributed by atoms with Gasteiger partial charge in [-0.05, 0) is 45.4 Å². The lowest BCUT2D eigenvalue weighted by Gasteiger charge is -2.52. The highest BCUT2D eigenvalue weighted by Crippen LogP contribution is 2.32. The highest BCUT2D eigenvalue weighted by atomic mass is 19.1. The molecule has 134 valence electrons. The van der Waals surface area contributed by atoms with Crippen LogP contribution in [0.25, 0.3) is 0 Å². The van der Waals surface area contributed by atoms with Crippen molar-refractivity contribution >= 4 is 11.8 Å². The first-order valence-electron chi connectivity index (χ1n) is 8.41. The van der Waals surface area contributed by atoms with Gasteiger partial charge >= 0.3 is 6.09 Å². The Hall–Kier alpha value is -1.66. The quantitative estimate of drug-likeness (QED) is 0.830. The molecular weight excluding hydrogens is 309 g/mol. The maximum Gasteiger partial charge on any atom is 0.514 e. The number of nitrogens with zero attached hydrogens (tertiary/aromatic N) is 2. The molecule has 0 saturated carbocycles. The minimum Gasteiger partial charge on any atom is -0.435 e. The zero-order valence-electron chi connectivity index (χ0n) is 15.3. The molecule has 1 aromatic carbocycles. The van der Waals surface area contributed by atoms with Gasteiger partial charge in [-0.15, -0.1) is 0 Å². The monoisotopic (exact) mass is 338 g/mol. The Bertz CT molecular complexity index is 615. The summed E-state index contributed by atoms with van der Waals surface area (Å²) in [5.74, 6) is -0.259. The van der Waals surface area contributed by atoms with Crippen molar-refractivity contribution in [1.82, 2.24) is 4.90 Å². The molecule has 5 nitrogen and oxygen atoms in total. The van der Waals surface area contributed by atoms with Crippen LogP contribution < -0.4 is 5.32 Å². The van der Waals surface area contributed by atoms with Gasteiger partial charge in [-0.3, -0.25) is 4.90 Å². The molecule has 1 fully saturated rings. The van der Waals surface area contributed by atoms with Crippen LogP contribution in [0.1, 0.15) is 33.3 Å². The summed E-state index contributed by atoms with van der Waals surface area (Å²) in [4.78, 5) is 14.2. The molecule has 24 heavy (non-hydrogen) atoms. The summed E-state index contributed by atoms with van der Waals surface area (Å²) >= 11 is 0. The van der Waals surface area contributed by atoms with E-state index >= 15 is 0 Å². The topological polar surface area (TPSA) is 52.6 Å². The third-order valence-corrected chi connectivity index (χ3v) is 5.29. The standard InChI is InChI=1S/C18H28FN3O2/c1-13-11-21(8-9-22(13,17(23)24)18(2,3)4)12-14-6-7-16(20-5)15(19)10-14/h6-7,10,13,20H,8-9,11-12H2,1-5H3/p+1/t13-,22?/m0/s1. The number of amides is 1. The maximum absolute atomic E-state index is 13.9. The third kappa shape index (κ3) is 3.26. The molecule has 1 unspecified atom stereocenters. The van der Waals surface area contributed by atoms with E-state index in [9.17, 15) is 14.3 Å². The van der Waals surface area contributed by atoms with Crippen molar-refractivity contribution in [3.8, 4) is 0 Å². The lowest BCUT2D eigenvalue weighted by Crippen LogP contribution is -2.73. The predicted molar refractivity (Wildman–Crippen MR) is 93.6 cm³/mol. The van der Waals surface area contributed by atoms with Gasteiger partial charge in [0, 0.05) is 20.1 Å². The lowest BCUT2D eigenvalue weighted by molar-refractivity contribution is -0.929. The SMILES string of the molecule is CNc1ccc(CN2CC[N+](C(=O)O)(C(C)(C)C)[C@@H](C)C2)cc1F. The minimum absolute atomic E-state index is 0.0299. The van der Waals surface area contributed by atoms with Gasteiger partial charge in [0.25, 0.3) is 0 Å². The van der Waals surface area contributed by atoms with Gasteiger partial charge in [-0.25, -0.2) is 8.87 Å². The van der Waals surface area contributed by atoms with Crippen LogP contribution in [0.5, 0.6) is 0 Å². The van der Waals surface area contributed by atoms with E-state index in [1.807, 2.05) is 33.8 Å². The molecule has 1 aromatic rings. The molecule has 2 atom stereocenters. The molecule has 1 aliphatic rings. The van der Waals surface area contributed by atoms with E-state index in [0.717, 1.165) is 5.56 Å². The fraction of sp³-hybridized carbons (Fsp3) is 0.611. The van der Waals surface area contributed by atoms with E-state index in [-0.39, 0.29) is 21.9 Å². The fourth-order valence-corrected chi connectivity index (χ4v) is 3.95. The van der Waals surface area contributed by atoms with Crippen molar-refractivity contribution in [3.05, 3.63) is 29.6 Å². The van der Waals surface area contributed by atoms with E-state index in [2.05, 4.69) is 10.2 Å². The van der Waals surface area contributed by atoms with Crippen molar-refractivity contribution in [1.29, 1.82) is 0 Å².